The molecule has 1 N–H and O–H groups in total. The second-order valence-electron chi connectivity index (χ2n) is 3.22. The van der Waals surface area contributed by atoms with Gasteiger partial charge in [-0.25, -0.2) is 0 Å². The molecule has 0 aliphatic carbocycles. The number of aromatic nitrogens is 1. The molecule has 0 saturated heterocycles. The monoisotopic (exact) mass is 164 g/mol. The van der Waals surface area contributed by atoms with Crippen LogP contribution in [0.25, 0.3) is 0 Å². The van der Waals surface area contributed by atoms with Gasteiger partial charge < -0.3 is 9.88 Å². The van der Waals surface area contributed by atoms with Crippen LogP contribution < -0.4 is 10.5 Å². The highest BCUT2D eigenvalue weighted by molar-refractivity contribution is 5.47. The molecule has 0 aromatic carbocycles. The van der Waals surface area contributed by atoms with Crippen LogP contribution in [0, 0.1) is 0 Å². The molecule has 3 nitrogen and oxygen atoms in total. The van der Waals surface area contributed by atoms with E-state index in [1.54, 1.807) is 6.07 Å². The van der Waals surface area contributed by atoms with Crippen LogP contribution in [0.5, 0.6) is 0 Å². The van der Waals surface area contributed by atoms with Gasteiger partial charge in [-0.15, -0.1) is 0 Å². The fourth-order valence-electron chi connectivity index (χ4n) is 1.65. The first-order chi connectivity index (χ1) is 5.77. The molecule has 0 spiro atoms. The minimum Gasteiger partial charge on any atom is -0.361 e. The Hall–Kier alpha value is -1.25. The van der Waals surface area contributed by atoms with E-state index >= 15 is 0 Å². The van der Waals surface area contributed by atoms with E-state index in [9.17, 15) is 4.79 Å². The predicted molar refractivity (Wildman–Crippen MR) is 48.7 cm³/mol. The number of pyridine rings is 1. The van der Waals surface area contributed by atoms with Gasteiger partial charge in [0.05, 0.1) is 0 Å². The molecule has 0 atom stereocenters. The summed E-state index contributed by atoms with van der Waals surface area (Å²) in [6, 6.07) is 3.52. The third-order valence-electron chi connectivity index (χ3n) is 2.30. The van der Waals surface area contributed by atoms with Crippen molar-refractivity contribution < 1.29 is 0 Å². The standard InChI is InChI=1S/C9H12N2O/c1-11-6-2-3-7-4-5-8(12)10-9(7)11/h4-5H,2-3,6H2,1H3,(H,10,12). The van der Waals surface area contributed by atoms with Crippen molar-refractivity contribution >= 4 is 5.82 Å². The van der Waals surface area contributed by atoms with Gasteiger partial charge in [0.25, 0.3) is 0 Å². The molecule has 0 amide bonds. The maximum absolute atomic E-state index is 11.0. The third kappa shape index (κ3) is 1.11. The zero-order chi connectivity index (χ0) is 8.55. The molecule has 3 heteroatoms. The summed E-state index contributed by atoms with van der Waals surface area (Å²) in [5, 5.41) is 0. The molecule has 1 aliphatic rings. The van der Waals surface area contributed by atoms with Crippen LogP contribution in [0.1, 0.15) is 12.0 Å². The summed E-state index contributed by atoms with van der Waals surface area (Å²) < 4.78 is 0. The van der Waals surface area contributed by atoms with Gasteiger partial charge in [0.2, 0.25) is 5.56 Å². The van der Waals surface area contributed by atoms with E-state index in [2.05, 4.69) is 9.88 Å². The van der Waals surface area contributed by atoms with Crippen molar-refractivity contribution in [2.24, 2.45) is 0 Å². The van der Waals surface area contributed by atoms with Crippen LogP contribution in [0.15, 0.2) is 16.9 Å². The van der Waals surface area contributed by atoms with Gasteiger partial charge >= 0.3 is 0 Å². The second kappa shape index (κ2) is 2.66. The van der Waals surface area contributed by atoms with E-state index in [4.69, 9.17) is 0 Å². The number of rotatable bonds is 0. The number of hydrogen-bond donors (Lipinski definition) is 1. The lowest BCUT2D eigenvalue weighted by Crippen LogP contribution is -2.28. The maximum atomic E-state index is 11.0. The number of aromatic amines is 1. The summed E-state index contributed by atoms with van der Waals surface area (Å²) in [5.74, 6) is 0.994. The molecule has 2 rings (SSSR count). The molecular formula is C9H12N2O. The first-order valence-electron chi connectivity index (χ1n) is 4.21. The van der Waals surface area contributed by atoms with E-state index in [0.717, 1.165) is 18.8 Å². The van der Waals surface area contributed by atoms with Gasteiger partial charge in [-0.2, -0.15) is 0 Å². The molecule has 0 saturated carbocycles. The summed E-state index contributed by atoms with van der Waals surface area (Å²) in [5.41, 5.74) is 1.24. The lowest BCUT2D eigenvalue weighted by atomic mass is 10.1. The fraction of sp³-hybridized carbons (Fsp3) is 0.444. The molecule has 1 aromatic rings. The normalized spacial score (nSPS) is 15.9. The molecule has 1 aliphatic heterocycles. The summed E-state index contributed by atoms with van der Waals surface area (Å²) in [4.78, 5) is 16.0. The van der Waals surface area contributed by atoms with Crippen molar-refractivity contribution in [3.05, 3.63) is 28.0 Å². The van der Waals surface area contributed by atoms with Crippen LogP contribution in [0.2, 0.25) is 0 Å². The number of H-pyrrole nitrogens is 1. The largest absolute Gasteiger partial charge is 0.361 e. The van der Waals surface area contributed by atoms with Crippen molar-refractivity contribution in [2.75, 3.05) is 18.5 Å². The Morgan fingerprint density at radius 1 is 1.50 bits per heavy atom. The number of fused-ring (bicyclic) bond motifs is 1. The third-order valence-corrected chi connectivity index (χ3v) is 2.30. The van der Waals surface area contributed by atoms with Gasteiger partial charge in [0.1, 0.15) is 5.82 Å². The molecule has 0 radical (unpaired) electrons. The van der Waals surface area contributed by atoms with Gasteiger partial charge in [-0.1, -0.05) is 0 Å². The lowest BCUT2D eigenvalue weighted by Gasteiger charge is -2.26. The number of anilines is 1. The number of nitrogens with one attached hydrogen (secondary N) is 1. The SMILES string of the molecule is CN1CCCc2ccc(=O)[nH]c21. The Morgan fingerprint density at radius 3 is 3.17 bits per heavy atom. The Bertz CT molecular complexity index is 343. The Morgan fingerprint density at radius 2 is 2.33 bits per heavy atom. The first kappa shape index (κ1) is 7.40. The van der Waals surface area contributed by atoms with Crippen LogP contribution in [0.3, 0.4) is 0 Å². The van der Waals surface area contributed by atoms with Gasteiger partial charge in [0, 0.05) is 19.7 Å². The van der Waals surface area contributed by atoms with Crippen LogP contribution in [0.4, 0.5) is 5.82 Å². The van der Waals surface area contributed by atoms with Crippen molar-refractivity contribution in [1.82, 2.24) is 4.98 Å². The average Bonchev–Trinajstić information content (AvgIpc) is 2.07. The van der Waals surface area contributed by atoms with Crippen molar-refractivity contribution in [3.63, 3.8) is 0 Å². The number of nitrogens with zero attached hydrogens (tertiary/aromatic N) is 1. The molecule has 0 unspecified atom stereocenters. The topological polar surface area (TPSA) is 36.1 Å². The maximum Gasteiger partial charge on any atom is 0.249 e. The molecule has 0 fully saturated rings. The van der Waals surface area contributed by atoms with E-state index < -0.39 is 0 Å². The van der Waals surface area contributed by atoms with Gasteiger partial charge in [0.15, 0.2) is 0 Å². The quantitative estimate of drug-likeness (QED) is 0.614. The first-order valence-corrected chi connectivity index (χ1v) is 4.21. The van der Waals surface area contributed by atoms with E-state index in [-0.39, 0.29) is 5.56 Å². The lowest BCUT2D eigenvalue weighted by molar-refractivity contribution is 0.728. The van der Waals surface area contributed by atoms with Crippen molar-refractivity contribution in [2.45, 2.75) is 12.8 Å². The zero-order valence-corrected chi connectivity index (χ0v) is 7.13. The van der Waals surface area contributed by atoms with E-state index in [1.807, 2.05) is 13.1 Å². The Labute approximate surface area is 71.0 Å². The summed E-state index contributed by atoms with van der Waals surface area (Å²) >= 11 is 0. The smallest absolute Gasteiger partial charge is 0.249 e. The minimum absolute atomic E-state index is 0.0116. The van der Waals surface area contributed by atoms with E-state index in [1.165, 1.54) is 12.0 Å². The highest BCUT2D eigenvalue weighted by Crippen LogP contribution is 2.20. The predicted octanol–water partition coefficient (Wildman–Crippen LogP) is 0.757. The molecule has 64 valence electrons. The van der Waals surface area contributed by atoms with Crippen molar-refractivity contribution in [1.29, 1.82) is 0 Å². The molecule has 0 bridgehead atoms. The van der Waals surface area contributed by atoms with Gasteiger partial charge in [-0.3, -0.25) is 4.79 Å². The summed E-state index contributed by atoms with van der Waals surface area (Å²) in [7, 11) is 2.01. The van der Waals surface area contributed by atoms with Crippen LogP contribution >= 0.6 is 0 Å². The van der Waals surface area contributed by atoms with Crippen LogP contribution in [-0.2, 0) is 6.42 Å². The molecule has 12 heavy (non-hydrogen) atoms. The minimum atomic E-state index is -0.0116. The highest BCUT2D eigenvalue weighted by atomic mass is 16.1. The van der Waals surface area contributed by atoms with Crippen LogP contribution in [-0.4, -0.2) is 18.6 Å². The second-order valence-corrected chi connectivity index (χ2v) is 3.22. The Kier molecular flexibility index (Phi) is 1.64. The summed E-state index contributed by atoms with van der Waals surface area (Å²) in [6.07, 6.45) is 2.26. The molecule has 2 heterocycles. The zero-order valence-electron chi connectivity index (χ0n) is 7.13. The summed E-state index contributed by atoms with van der Waals surface area (Å²) in [6.45, 7) is 1.03. The molecular weight excluding hydrogens is 152 g/mol. The average molecular weight is 164 g/mol. The van der Waals surface area contributed by atoms with Gasteiger partial charge in [-0.05, 0) is 24.5 Å². The number of aryl methyl sites for hydroxylation is 1. The number of hydrogen-bond acceptors (Lipinski definition) is 2. The highest BCUT2D eigenvalue weighted by Gasteiger charge is 2.13. The van der Waals surface area contributed by atoms with Crippen molar-refractivity contribution in [3.8, 4) is 0 Å². The van der Waals surface area contributed by atoms with E-state index in [0.29, 0.717) is 0 Å². The Balaban J connectivity index is 2.54. The fourth-order valence-corrected chi connectivity index (χ4v) is 1.65. The molecule has 1 aromatic heterocycles.